The number of ether oxygens (including phenoxy) is 2. The first-order valence-electron chi connectivity index (χ1n) is 5.10. The highest BCUT2D eigenvalue weighted by atomic mass is 16.5. The third-order valence-corrected chi connectivity index (χ3v) is 2.86. The van der Waals surface area contributed by atoms with Crippen molar-refractivity contribution in [3.8, 4) is 0 Å². The van der Waals surface area contributed by atoms with E-state index in [1.54, 1.807) is 12.2 Å². The number of carbonyl (C=O) groups excluding carboxylic acids is 2. The van der Waals surface area contributed by atoms with Crippen molar-refractivity contribution in [3.63, 3.8) is 0 Å². The maximum atomic E-state index is 11.5. The summed E-state index contributed by atoms with van der Waals surface area (Å²) in [5, 5.41) is 0. The topological polar surface area (TPSA) is 52.6 Å². The van der Waals surface area contributed by atoms with Crippen LogP contribution in [0.15, 0.2) is 24.8 Å². The number of rotatable bonds is 3. The van der Waals surface area contributed by atoms with Crippen molar-refractivity contribution in [3.05, 3.63) is 24.8 Å². The van der Waals surface area contributed by atoms with E-state index < -0.39 is 5.92 Å². The van der Waals surface area contributed by atoms with Gasteiger partial charge in [-0.2, -0.15) is 0 Å². The first kappa shape index (κ1) is 12.5. The lowest BCUT2D eigenvalue weighted by atomic mass is 9.76. The monoisotopic (exact) mass is 224 g/mol. The smallest absolute Gasteiger partial charge is 0.313 e. The van der Waals surface area contributed by atoms with Gasteiger partial charge in [-0.15, -0.1) is 6.58 Å². The van der Waals surface area contributed by atoms with Crippen LogP contribution in [0, 0.1) is 17.8 Å². The van der Waals surface area contributed by atoms with E-state index in [4.69, 9.17) is 9.47 Å². The highest BCUT2D eigenvalue weighted by molar-refractivity contribution is 5.79. The summed E-state index contributed by atoms with van der Waals surface area (Å²) in [5.74, 6) is -1.72. The predicted octanol–water partition coefficient (Wildman–Crippen LogP) is 1.33. The second-order valence-corrected chi connectivity index (χ2v) is 3.66. The van der Waals surface area contributed by atoms with Gasteiger partial charge in [0.15, 0.2) is 0 Å². The molecule has 3 atom stereocenters. The molecular weight excluding hydrogens is 208 g/mol. The molecule has 0 aromatic carbocycles. The number of allylic oxidation sites excluding steroid dienone is 2. The molecule has 0 amide bonds. The average Bonchev–Trinajstić information content (AvgIpc) is 2.35. The van der Waals surface area contributed by atoms with E-state index in [2.05, 4.69) is 6.58 Å². The second kappa shape index (κ2) is 5.49. The Morgan fingerprint density at radius 2 is 1.94 bits per heavy atom. The van der Waals surface area contributed by atoms with Crippen molar-refractivity contribution in [2.24, 2.45) is 17.8 Å². The number of methoxy groups -OCH3 is 2. The maximum Gasteiger partial charge on any atom is 0.313 e. The molecule has 0 bridgehead atoms. The van der Waals surface area contributed by atoms with E-state index >= 15 is 0 Å². The molecule has 0 aromatic rings. The molecule has 0 spiro atoms. The van der Waals surface area contributed by atoms with Crippen LogP contribution in [0.4, 0.5) is 0 Å². The molecule has 0 aromatic heterocycles. The quantitative estimate of drug-likeness (QED) is 0.536. The molecule has 4 heteroatoms. The van der Waals surface area contributed by atoms with Crippen molar-refractivity contribution in [1.29, 1.82) is 0 Å². The Bertz CT molecular complexity index is 319. The highest BCUT2D eigenvalue weighted by Crippen LogP contribution is 2.32. The fraction of sp³-hybridized carbons (Fsp3) is 0.500. The van der Waals surface area contributed by atoms with Crippen LogP contribution in [-0.2, 0) is 19.1 Å². The van der Waals surface area contributed by atoms with Gasteiger partial charge in [-0.3, -0.25) is 9.59 Å². The van der Waals surface area contributed by atoms with E-state index in [-0.39, 0.29) is 23.8 Å². The van der Waals surface area contributed by atoms with Gasteiger partial charge in [-0.1, -0.05) is 18.2 Å². The number of hydrogen-bond donors (Lipinski definition) is 0. The summed E-state index contributed by atoms with van der Waals surface area (Å²) in [7, 11) is 2.67. The fourth-order valence-corrected chi connectivity index (χ4v) is 1.99. The third kappa shape index (κ3) is 2.32. The minimum atomic E-state index is -0.444. The Morgan fingerprint density at radius 1 is 1.31 bits per heavy atom. The van der Waals surface area contributed by atoms with E-state index in [0.29, 0.717) is 6.42 Å². The number of carbonyl (C=O) groups is 2. The molecule has 0 saturated carbocycles. The van der Waals surface area contributed by atoms with Crippen LogP contribution in [0.5, 0.6) is 0 Å². The summed E-state index contributed by atoms with van der Waals surface area (Å²) in [4.78, 5) is 23.1. The summed E-state index contributed by atoms with van der Waals surface area (Å²) in [6.45, 7) is 3.67. The van der Waals surface area contributed by atoms with Crippen molar-refractivity contribution >= 4 is 11.9 Å². The van der Waals surface area contributed by atoms with Crippen molar-refractivity contribution in [2.45, 2.75) is 6.42 Å². The summed E-state index contributed by atoms with van der Waals surface area (Å²) >= 11 is 0. The molecule has 0 saturated heterocycles. The highest BCUT2D eigenvalue weighted by Gasteiger charge is 2.37. The second-order valence-electron chi connectivity index (χ2n) is 3.66. The van der Waals surface area contributed by atoms with Gasteiger partial charge in [0.1, 0.15) is 0 Å². The summed E-state index contributed by atoms with van der Waals surface area (Å²) < 4.78 is 9.40. The van der Waals surface area contributed by atoms with Crippen LogP contribution in [-0.4, -0.2) is 26.2 Å². The standard InChI is InChI=1S/C12H16O4/c1-4-8-9(11(13)15-2)6-5-7-10(8)12(14)16-3/h4-6,8-10H,1,7H2,2-3H3. The summed E-state index contributed by atoms with van der Waals surface area (Å²) in [5.41, 5.74) is 0. The lowest BCUT2D eigenvalue weighted by Crippen LogP contribution is -2.35. The molecule has 1 aliphatic carbocycles. The Kier molecular flexibility index (Phi) is 4.28. The van der Waals surface area contributed by atoms with Crippen LogP contribution >= 0.6 is 0 Å². The molecule has 1 rings (SSSR count). The molecule has 16 heavy (non-hydrogen) atoms. The number of esters is 2. The predicted molar refractivity (Wildman–Crippen MR) is 58.5 cm³/mol. The third-order valence-electron chi connectivity index (χ3n) is 2.86. The molecule has 1 aliphatic rings. The number of hydrogen-bond acceptors (Lipinski definition) is 4. The van der Waals surface area contributed by atoms with Crippen molar-refractivity contribution < 1.29 is 19.1 Å². The zero-order valence-electron chi connectivity index (χ0n) is 9.51. The van der Waals surface area contributed by atoms with E-state index in [0.717, 1.165) is 0 Å². The average molecular weight is 224 g/mol. The minimum Gasteiger partial charge on any atom is -0.469 e. The molecule has 0 radical (unpaired) electrons. The Morgan fingerprint density at radius 3 is 2.44 bits per heavy atom. The maximum absolute atomic E-state index is 11.5. The Labute approximate surface area is 94.9 Å². The van der Waals surface area contributed by atoms with E-state index in [1.165, 1.54) is 14.2 Å². The Hall–Kier alpha value is -1.58. The van der Waals surface area contributed by atoms with Crippen LogP contribution in [0.1, 0.15) is 6.42 Å². The molecule has 0 N–H and O–H groups in total. The molecule has 0 aliphatic heterocycles. The first-order valence-corrected chi connectivity index (χ1v) is 5.10. The van der Waals surface area contributed by atoms with Gasteiger partial charge in [-0.05, 0) is 6.42 Å². The van der Waals surface area contributed by atoms with Crippen molar-refractivity contribution in [1.82, 2.24) is 0 Å². The largest absolute Gasteiger partial charge is 0.469 e. The SMILES string of the molecule is C=CC1C(C(=O)OC)C=CCC1C(=O)OC. The molecule has 3 unspecified atom stereocenters. The Balaban J connectivity index is 2.92. The molecular formula is C12H16O4. The molecule has 4 nitrogen and oxygen atoms in total. The van der Waals surface area contributed by atoms with Gasteiger partial charge < -0.3 is 9.47 Å². The van der Waals surface area contributed by atoms with Crippen LogP contribution in [0.3, 0.4) is 0 Å². The summed E-state index contributed by atoms with van der Waals surface area (Å²) in [6.07, 6.45) is 5.75. The van der Waals surface area contributed by atoms with E-state index in [1.807, 2.05) is 6.08 Å². The molecule has 88 valence electrons. The van der Waals surface area contributed by atoms with Gasteiger partial charge in [0, 0.05) is 5.92 Å². The van der Waals surface area contributed by atoms with Crippen LogP contribution < -0.4 is 0 Å². The first-order chi connectivity index (χ1) is 7.65. The van der Waals surface area contributed by atoms with Gasteiger partial charge >= 0.3 is 11.9 Å². The van der Waals surface area contributed by atoms with Crippen LogP contribution in [0.25, 0.3) is 0 Å². The molecule has 0 fully saturated rings. The zero-order chi connectivity index (χ0) is 12.1. The van der Waals surface area contributed by atoms with Crippen molar-refractivity contribution in [2.75, 3.05) is 14.2 Å². The van der Waals surface area contributed by atoms with Gasteiger partial charge in [0.05, 0.1) is 26.1 Å². The summed E-state index contributed by atoms with van der Waals surface area (Å²) in [6, 6.07) is 0. The van der Waals surface area contributed by atoms with E-state index in [9.17, 15) is 9.59 Å². The lowest BCUT2D eigenvalue weighted by molar-refractivity contribution is -0.151. The fourth-order valence-electron chi connectivity index (χ4n) is 1.99. The zero-order valence-corrected chi connectivity index (χ0v) is 9.51. The normalized spacial score (nSPS) is 28.2. The van der Waals surface area contributed by atoms with Gasteiger partial charge in [-0.25, -0.2) is 0 Å². The molecule has 0 heterocycles. The van der Waals surface area contributed by atoms with Gasteiger partial charge in [0.25, 0.3) is 0 Å². The van der Waals surface area contributed by atoms with Crippen LogP contribution in [0.2, 0.25) is 0 Å². The lowest BCUT2D eigenvalue weighted by Gasteiger charge is -2.29. The van der Waals surface area contributed by atoms with Gasteiger partial charge in [0.2, 0.25) is 0 Å². The minimum absolute atomic E-state index is 0.259.